The minimum atomic E-state index is -4.62. The number of fused-ring (bicyclic) bond motifs is 1. The van der Waals surface area contributed by atoms with Gasteiger partial charge in [0.15, 0.2) is 0 Å². The summed E-state index contributed by atoms with van der Waals surface area (Å²) in [5, 5.41) is 0.0487. The van der Waals surface area contributed by atoms with E-state index in [0.717, 1.165) is 5.56 Å². The molecule has 0 aliphatic carbocycles. The molecule has 7 heteroatoms. The summed E-state index contributed by atoms with van der Waals surface area (Å²) in [6.45, 7) is 6.37. The van der Waals surface area contributed by atoms with Gasteiger partial charge in [-0.15, -0.1) is 0 Å². The van der Waals surface area contributed by atoms with Gasteiger partial charge in [-0.1, -0.05) is 19.9 Å². The van der Waals surface area contributed by atoms with E-state index in [2.05, 4.69) is 0 Å². The lowest BCUT2D eigenvalue weighted by Crippen LogP contribution is -2.28. The van der Waals surface area contributed by atoms with Crippen molar-refractivity contribution in [2.45, 2.75) is 51.4 Å². The third kappa shape index (κ3) is 3.95. The highest BCUT2D eigenvalue weighted by molar-refractivity contribution is 5.85. The molecule has 1 aromatic carbocycles. The smallest absolute Gasteiger partial charge is 0.311 e. The summed E-state index contributed by atoms with van der Waals surface area (Å²) in [6.07, 6.45) is -3.61. The van der Waals surface area contributed by atoms with E-state index < -0.39 is 28.9 Å². The first-order chi connectivity index (χ1) is 12.9. The lowest BCUT2D eigenvalue weighted by atomic mass is 9.93. The number of hydrogen-bond acceptors (Lipinski definition) is 2. The van der Waals surface area contributed by atoms with Crippen LogP contribution in [0.1, 0.15) is 49.8 Å². The van der Waals surface area contributed by atoms with Crippen molar-refractivity contribution in [2.75, 3.05) is 19.6 Å². The van der Waals surface area contributed by atoms with E-state index in [1.807, 2.05) is 4.90 Å². The van der Waals surface area contributed by atoms with Crippen molar-refractivity contribution >= 4 is 10.9 Å². The van der Waals surface area contributed by atoms with Crippen LogP contribution in [0.2, 0.25) is 0 Å². The number of rotatable bonds is 4. The molecule has 3 nitrogen and oxygen atoms in total. The number of aryl methyl sites for hydroxylation is 1. The van der Waals surface area contributed by atoms with Gasteiger partial charge in [0.2, 0.25) is 0 Å². The Morgan fingerprint density at radius 3 is 2.46 bits per heavy atom. The monoisotopic (exact) mass is 398 g/mol. The molecule has 1 aromatic heterocycles. The summed E-state index contributed by atoms with van der Waals surface area (Å²) in [4.78, 5) is 14.6. The number of aromatic nitrogens is 1. The zero-order chi connectivity index (χ0) is 20.9. The molecule has 1 unspecified atom stereocenters. The van der Waals surface area contributed by atoms with E-state index in [0.29, 0.717) is 32.5 Å². The summed E-state index contributed by atoms with van der Waals surface area (Å²) in [7, 11) is 1.50. The van der Waals surface area contributed by atoms with Crippen LogP contribution < -0.4 is 5.56 Å². The first kappa shape index (κ1) is 20.8. The van der Waals surface area contributed by atoms with Crippen LogP contribution in [0.25, 0.3) is 10.9 Å². The maximum absolute atomic E-state index is 14.0. The first-order valence-corrected chi connectivity index (χ1v) is 9.55. The zero-order valence-corrected chi connectivity index (χ0v) is 16.7. The van der Waals surface area contributed by atoms with Crippen molar-refractivity contribution in [1.29, 1.82) is 0 Å². The van der Waals surface area contributed by atoms with E-state index >= 15 is 0 Å². The minimum Gasteiger partial charge on any atom is -0.311 e. The highest BCUT2D eigenvalue weighted by Gasteiger charge is 2.38. The van der Waals surface area contributed by atoms with Crippen LogP contribution >= 0.6 is 0 Å². The summed E-state index contributed by atoms with van der Waals surface area (Å²) in [5.74, 6) is -0.546. The fourth-order valence-electron chi connectivity index (χ4n) is 4.11. The van der Waals surface area contributed by atoms with Crippen LogP contribution in [0.5, 0.6) is 0 Å². The van der Waals surface area contributed by atoms with Gasteiger partial charge in [-0.2, -0.15) is 13.2 Å². The molecular formula is C21H26F4N2O. The van der Waals surface area contributed by atoms with Gasteiger partial charge in [-0.05, 0) is 43.4 Å². The van der Waals surface area contributed by atoms with Crippen molar-refractivity contribution in [1.82, 2.24) is 9.47 Å². The minimum absolute atomic E-state index is 0.0487. The molecule has 1 fully saturated rings. The molecule has 0 amide bonds. The molecule has 0 saturated carbocycles. The lowest BCUT2D eigenvalue weighted by Gasteiger charge is -2.21. The van der Waals surface area contributed by atoms with Crippen LogP contribution in [0.3, 0.4) is 0 Å². The fourth-order valence-corrected chi connectivity index (χ4v) is 4.11. The van der Waals surface area contributed by atoms with E-state index in [-0.39, 0.29) is 16.5 Å². The summed E-state index contributed by atoms with van der Waals surface area (Å²) >= 11 is 0. The molecule has 1 atom stereocenters. The fraction of sp³-hybridized carbons (Fsp3) is 0.571. The molecular weight excluding hydrogens is 372 g/mol. The molecule has 0 spiro atoms. The number of alkyl halides is 4. The van der Waals surface area contributed by atoms with Crippen LogP contribution in [-0.4, -0.2) is 34.8 Å². The lowest BCUT2D eigenvalue weighted by molar-refractivity contribution is -0.137. The molecule has 2 aromatic rings. The summed E-state index contributed by atoms with van der Waals surface area (Å²) < 4.78 is 57.0. The largest absolute Gasteiger partial charge is 0.417 e. The quantitative estimate of drug-likeness (QED) is 0.700. The van der Waals surface area contributed by atoms with Gasteiger partial charge >= 0.3 is 6.18 Å². The molecule has 3 rings (SSSR count). The van der Waals surface area contributed by atoms with E-state index in [4.69, 9.17) is 0 Å². The Hall–Kier alpha value is -1.89. The Morgan fingerprint density at radius 1 is 1.25 bits per heavy atom. The van der Waals surface area contributed by atoms with E-state index in [9.17, 15) is 22.4 Å². The zero-order valence-electron chi connectivity index (χ0n) is 16.7. The molecule has 0 radical (unpaired) electrons. The van der Waals surface area contributed by atoms with Crippen LogP contribution in [-0.2, 0) is 19.6 Å². The highest BCUT2D eigenvalue weighted by atomic mass is 19.4. The molecule has 0 N–H and O–H groups in total. The average Bonchev–Trinajstić information content (AvgIpc) is 2.93. The van der Waals surface area contributed by atoms with Crippen LogP contribution in [0.4, 0.5) is 17.6 Å². The Morgan fingerprint density at radius 2 is 1.93 bits per heavy atom. The van der Waals surface area contributed by atoms with Gasteiger partial charge in [-0.3, -0.25) is 9.69 Å². The van der Waals surface area contributed by atoms with Gasteiger partial charge in [0.05, 0.1) is 11.1 Å². The standard InChI is InChI=1S/C21H26F4N2O/c1-13(2)17-18(21(23,24)25)15-11-14(5-6-16(15)26(4)19(17)28)7-9-27-10-8-20(3,22)12-27/h5-6,11,13H,7-10,12H2,1-4H3. The van der Waals surface area contributed by atoms with Gasteiger partial charge in [-0.25, -0.2) is 4.39 Å². The molecule has 154 valence electrons. The second kappa shape index (κ2) is 7.17. The Labute approximate surface area is 161 Å². The Balaban J connectivity index is 2.05. The predicted molar refractivity (Wildman–Crippen MR) is 103 cm³/mol. The van der Waals surface area contributed by atoms with Crippen molar-refractivity contribution in [2.24, 2.45) is 7.05 Å². The van der Waals surface area contributed by atoms with Crippen molar-refractivity contribution < 1.29 is 17.6 Å². The normalized spacial score (nSPS) is 21.2. The van der Waals surface area contributed by atoms with Crippen molar-refractivity contribution in [3.05, 3.63) is 45.2 Å². The molecule has 2 heterocycles. The summed E-state index contributed by atoms with van der Waals surface area (Å²) in [6, 6.07) is 4.87. The van der Waals surface area contributed by atoms with Gasteiger partial charge in [0.25, 0.3) is 5.56 Å². The van der Waals surface area contributed by atoms with Gasteiger partial charge in [0, 0.05) is 37.6 Å². The van der Waals surface area contributed by atoms with Gasteiger partial charge < -0.3 is 4.57 Å². The molecule has 1 aliphatic rings. The maximum atomic E-state index is 14.0. The number of benzene rings is 1. The topological polar surface area (TPSA) is 25.2 Å². The SMILES string of the molecule is CC(C)c1c(C(F)(F)F)c2cc(CCN3CCC(C)(F)C3)ccc2n(C)c1=O. The second-order valence-electron chi connectivity index (χ2n) is 8.35. The maximum Gasteiger partial charge on any atom is 0.417 e. The second-order valence-corrected chi connectivity index (χ2v) is 8.35. The molecule has 28 heavy (non-hydrogen) atoms. The van der Waals surface area contributed by atoms with Crippen molar-refractivity contribution in [3.63, 3.8) is 0 Å². The van der Waals surface area contributed by atoms with Gasteiger partial charge in [0.1, 0.15) is 5.67 Å². The molecule has 1 saturated heterocycles. The van der Waals surface area contributed by atoms with E-state index in [1.54, 1.807) is 32.9 Å². The Kier molecular flexibility index (Phi) is 5.34. The number of hydrogen-bond donors (Lipinski definition) is 0. The van der Waals surface area contributed by atoms with Crippen molar-refractivity contribution in [3.8, 4) is 0 Å². The molecule has 1 aliphatic heterocycles. The number of halogens is 4. The summed E-state index contributed by atoms with van der Waals surface area (Å²) in [5.41, 5.74) is -1.83. The average molecular weight is 398 g/mol. The predicted octanol–water partition coefficient (Wildman–Crippen LogP) is 4.66. The molecule has 0 bridgehead atoms. The van der Waals surface area contributed by atoms with E-state index in [1.165, 1.54) is 17.7 Å². The number of nitrogens with zero attached hydrogens (tertiary/aromatic N) is 2. The third-order valence-electron chi connectivity index (χ3n) is 5.58. The van der Waals surface area contributed by atoms with Crippen LogP contribution in [0.15, 0.2) is 23.0 Å². The highest BCUT2D eigenvalue weighted by Crippen LogP contribution is 2.38. The number of likely N-dealkylation sites (tertiary alicyclic amines) is 1. The third-order valence-corrected chi connectivity index (χ3v) is 5.58. The van der Waals surface area contributed by atoms with Crippen LogP contribution in [0, 0.1) is 0 Å². The number of pyridine rings is 1. The Bertz CT molecular complexity index is 944. The first-order valence-electron chi connectivity index (χ1n) is 9.55.